The van der Waals surface area contributed by atoms with Crippen LogP contribution in [-0.2, 0) is 19.3 Å². The van der Waals surface area contributed by atoms with Crippen LogP contribution in [0.15, 0.2) is 66.7 Å². The first kappa shape index (κ1) is 27.9. The van der Waals surface area contributed by atoms with Gasteiger partial charge < -0.3 is 15.7 Å². The number of fused-ring (bicyclic) bond motifs is 1. The minimum atomic E-state index is -0.975. The number of aliphatic hydroxyl groups excluding tert-OH is 1. The number of halogens is 2. The molecule has 6 heteroatoms. The van der Waals surface area contributed by atoms with Gasteiger partial charge in [0.2, 0.25) is 0 Å². The first-order valence-corrected chi connectivity index (χ1v) is 13.4. The van der Waals surface area contributed by atoms with Gasteiger partial charge in [-0.2, -0.15) is 0 Å². The van der Waals surface area contributed by atoms with Gasteiger partial charge >= 0.3 is 0 Å². The van der Waals surface area contributed by atoms with Gasteiger partial charge in [-0.15, -0.1) is 0 Å². The van der Waals surface area contributed by atoms with Gasteiger partial charge in [0.15, 0.2) is 0 Å². The zero-order valence-electron chi connectivity index (χ0n) is 22.4. The maximum Gasteiger partial charge on any atom is 0.251 e. The van der Waals surface area contributed by atoms with Crippen molar-refractivity contribution >= 4 is 5.91 Å². The molecule has 0 unspecified atom stereocenters. The normalized spacial score (nSPS) is 16.9. The molecule has 1 aliphatic carbocycles. The number of hydrogen-bond acceptors (Lipinski definition) is 3. The van der Waals surface area contributed by atoms with Gasteiger partial charge in [-0.1, -0.05) is 57.2 Å². The molecule has 0 radical (unpaired) electrons. The molecular weight excluding hydrogens is 482 g/mol. The number of aliphatic hydroxyl groups is 1. The Morgan fingerprint density at radius 2 is 1.71 bits per heavy atom. The van der Waals surface area contributed by atoms with Gasteiger partial charge in [-0.05, 0) is 84.0 Å². The van der Waals surface area contributed by atoms with Crippen LogP contribution in [0.2, 0.25) is 0 Å². The van der Waals surface area contributed by atoms with E-state index in [0.29, 0.717) is 11.1 Å². The number of hydrogen-bond donors (Lipinski definition) is 3. The average Bonchev–Trinajstić information content (AvgIpc) is 2.85. The summed E-state index contributed by atoms with van der Waals surface area (Å²) in [5.41, 5.74) is 4.90. The third-order valence-corrected chi connectivity index (χ3v) is 7.03. The highest BCUT2D eigenvalue weighted by molar-refractivity contribution is 5.94. The third kappa shape index (κ3) is 7.71. The van der Waals surface area contributed by atoms with E-state index in [1.807, 2.05) is 6.07 Å². The lowest BCUT2D eigenvalue weighted by Gasteiger charge is -2.31. The van der Waals surface area contributed by atoms with Crippen molar-refractivity contribution < 1.29 is 18.7 Å². The maximum atomic E-state index is 13.9. The molecule has 0 bridgehead atoms. The van der Waals surface area contributed by atoms with E-state index >= 15 is 0 Å². The minimum Gasteiger partial charge on any atom is -0.390 e. The van der Waals surface area contributed by atoms with Crippen molar-refractivity contribution in [3.8, 4) is 0 Å². The minimum absolute atomic E-state index is 0.0883. The smallest absolute Gasteiger partial charge is 0.251 e. The Morgan fingerprint density at radius 1 is 1.00 bits per heavy atom. The van der Waals surface area contributed by atoms with Crippen molar-refractivity contribution in [1.82, 2.24) is 10.6 Å². The van der Waals surface area contributed by atoms with Crippen LogP contribution in [0, 0.1) is 17.0 Å². The van der Waals surface area contributed by atoms with Crippen molar-refractivity contribution in [2.75, 3.05) is 6.54 Å². The lowest BCUT2D eigenvalue weighted by molar-refractivity contribution is 0.0823. The Morgan fingerprint density at radius 3 is 2.39 bits per heavy atom. The highest BCUT2D eigenvalue weighted by atomic mass is 19.1. The van der Waals surface area contributed by atoms with Gasteiger partial charge in [0.25, 0.3) is 5.91 Å². The molecule has 202 valence electrons. The van der Waals surface area contributed by atoms with Crippen LogP contribution in [0.5, 0.6) is 0 Å². The van der Waals surface area contributed by atoms with Crippen molar-refractivity contribution in [2.45, 2.75) is 71.1 Å². The van der Waals surface area contributed by atoms with Crippen molar-refractivity contribution in [2.24, 2.45) is 5.41 Å². The van der Waals surface area contributed by atoms with E-state index < -0.39 is 23.8 Å². The Kier molecular flexibility index (Phi) is 8.95. The molecule has 0 aromatic heterocycles. The monoisotopic (exact) mass is 520 g/mol. The number of carbonyl (C=O) groups excluding carboxylic acids is 1. The van der Waals surface area contributed by atoms with E-state index in [-0.39, 0.29) is 30.3 Å². The number of benzene rings is 3. The standard InChI is InChI=1S/C32H38F2N2O2/c1-32(2,3)19-21-12-13-23-10-7-11-28(27(23)16-21)35-20-30(37)29(17-22-14-25(33)18-26(34)15-22)36-31(38)24-8-5-4-6-9-24/h4-6,8-9,12-16,18,28-30,35,37H,7,10-11,17,19-20H2,1-3H3,(H,36,38)/t28-,29-,30+/m0/s1. The molecule has 1 amide bonds. The van der Waals surface area contributed by atoms with Crippen LogP contribution in [0.1, 0.15) is 72.3 Å². The zero-order chi connectivity index (χ0) is 27.3. The number of amides is 1. The van der Waals surface area contributed by atoms with Gasteiger partial charge in [-0.25, -0.2) is 8.78 Å². The van der Waals surface area contributed by atoms with Crippen molar-refractivity contribution in [1.29, 1.82) is 0 Å². The fourth-order valence-electron chi connectivity index (χ4n) is 5.30. The first-order chi connectivity index (χ1) is 18.1. The highest BCUT2D eigenvalue weighted by Gasteiger charge is 2.26. The molecule has 4 rings (SSSR count). The summed E-state index contributed by atoms with van der Waals surface area (Å²) in [5, 5.41) is 17.6. The van der Waals surface area contributed by atoms with Crippen LogP contribution >= 0.6 is 0 Å². The lowest BCUT2D eigenvalue weighted by Crippen LogP contribution is -2.49. The molecule has 0 fully saturated rings. The summed E-state index contributed by atoms with van der Waals surface area (Å²) >= 11 is 0. The van der Waals surface area contributed by atoms with E-state index in [0.717, 1.165) is 31.7 Å². The van der Waals surface area contributed by atoms with E-state index in [9.17, 15) is 18.7 Å². The predicted octanol–water partition coefficient (Wildman–Crippen LogP) is 5.92. The van der Waals surface area contributed by atoms with E-state index in [1.165, 1.54) is 28.8 Å². The molecule has 0 spiro atoms. The van der Waals surface area contributed by atoms with Gasteiger partial charge in [-0.3, -0.25) is 4.79 Å². The maximum absolute atomic E-state index is 13.9. The molecule has 3 N–H and O–H groups in total. The molecule has 3 aromatic carbocycles. The molecule has 0 saturated heterocycles. The topological polar surface area (TPSA) is 61.4 Å². The number of rotatable bonds is 9. The lowest BCUT2D eigenvalue weighted by atomic mass is 9.82. The molecule has 0 heterocycles. The quantitative estimate of drug-likeness (QED) is 0.328. The Bertz CT molecular complexity index is 1220. The number of aryl methyl sites for hydroxylation is 1. The predicted molar refractivity (Wildman–Crippen MR) is 147 cm³/mol. The van der Waals surface area contributed by atoms with Crippen LogP contribution in [0.4, 0.5) is 8.78 Å². The van der Waals surface area contributed by atoms with Crippen LogP contribution in [0.3, 0.4) is 0 Å². The van der Waals surface area contributed by atoms with Gasteiger partial charge in [0.1, 0.15) is 11.6 Å². The second kappa shape index (κ2) is 12.2. The molecule has 3 atom stereocenters. The molecule has 1 aliphatic rings. The summed E-state index contributed by atoms with van der Waals surface area (Å²) in [4.78, 5) is 12.9. The van der Waals surface area contributed by atoms with Crippen LogP contribution in [0.25, 0.3) is 0 Å². The third-order valence-electron chi connectivity index (χ3n) is 7.03. The molecule has 38 heavy (non-hydrogen) atoms. The zero-order valence-corrected chi connectivity index (χ0v) is 22.4. The SMILES string of the molecule is CC(C)(C)Cc1ccc2c(c1)[C@@H](NC[C@@H](O)[C@H](Cc1cc(F)cc(F)c1)NC(=O)c1ccccc1)CCC2. The Balaban J connectivity index is 1.50. The average molecular weight is 521 g/mol. The van der Waals surface area contributed by atoms with Crippen molar-refractivity contribution in [3.63, 3.8) is 0 Å². The summed E-state index contributed by atoms with van der Waals surface area (Å²) in [5.74, 6) is -1.72. The summed E-state index contributed by atoms with van der Waals surface area (Å²) in [6.07, 6.45) is 3.13. The van der Waals surface area contributed by atoms with E-state index in [4.69, 9.17) is 0 Å². The van der Waals surface area contributed by atoms with Crippen molar-refractivity contribution in [3.05, 3.63) is 106 Å². The fraction of sp³-hybridized carbons (Fsp3) is 0.406. The Hall–Kier alpha value is -3.09. The second-order valence-electron chi connectivity index (χ2n) is 11.6. The molecule has 3 aromatic rings. The molecular formula is C32H38F2N2O2. The number of nitrogens with one attached hydrogen (secondary N) is 2. The van der Waals surface area contributed by atoms with Gasteiger partial charge in [0, 0.05) is 24.2 Å². The molecule has 0 saturated carbocycles. The fourth-order valence-corrected chi connectivity index (χ4v) is 5.30. The van der Waals surface area contributed by atoms with E-state index in [2.05, 4.69) is 49.6 Å². The highest BCUT2D eigenvalue weighted by Crippen LogP contribution is 2.32. The second-order valence-corrected chi connectivity index (χ2v) is 11.6. The molecule has 4 nitrogen and oxygen atoms in total. The largest absolute Gasteiger partial charge is 0.390 e. The summed E-state index contributed by atoms with van der Waals surface area (Å²) in [6.45, 7) is 6.91. The molecule has 0 aliphatic heterocycles. The van der Waals surface area contributed by atoms with Crippen LogP contribution < -0.4 is 10.6 Å². The first-order valence-electron chi connectivity index (χ1n) is 13.4. The van der Waals surface area contributed by atoms with E-state index in [1.54, 1.807) is 24.3 Å². The number of carbonyl (C=O) groups is 1. The summed E-state index contributed by atoms with van der Waals surface area (Å²) < 4.78 is 27.7. The summed E-state index contributed by atoms with van der Waals surface area (Å²) in [6, 6.07) is 18.1. The Labute approximate surface area is 224 Å². The summed E-state index contributed by atoms with van der Waals surface area (Å²) in [7, 11) is 0. The van der Waals surface area contributed by atoms with Gasteiger partial charge in [0.05, 0.1) is 12.1 Å². The van der Waals surface area contributed by atoms with Crippen LogP contribution in [-0.4, -0.2) is 29.7 Å².